The Hall–Kier alpha value is -7.08. The van der Waals surface area contributed by atoms with Crippen LogP contribution in [0, 0.1) is 17.7 Å². The summed E-state index contributed by atoms with van der Waals surface area (Å²) < 4.78 is 8.19. The van der Waals surface area contributed by atoms with E-state index in [1.807, 2.05) is 72.0 Å². The predicted molar refractivity (Wildman–Crippen MR) is 239 cm³/mol. The summed E-state index contributed by atoms with van der Waals surface area (Å²) in [5.41, 5.74) is 17.4. The monoisotopic (exact) mass is 741 g/mol. The molecule has 0 amide bonds. The number of aryl methyl sites for hydroxylation is 1. The van der Waals surface area contributed by atoms with Gasteiger partial charge in [-0.25, -0.2) is 0 Å². The molecule has 270 valence electrons. The molecular weight excluding hydrogens is 703 g/mol. The van der Waals surface area contributed by atoms with Crippen LogP contribution in [0.4, 0.5) is 0 Å². The second-order valence-corrected chi connectivity index (χ2v) is 14.5. The van der Waals surface area contributed by atoms with Crippen molar-refractivity contribution >= 4 is 65.5 Å². The molecule has 4 nitrogen and oxygen atoms in total. The summed E-state index contributed by atoms with van der Waals surface area (Å²) >= 11 is 1.83. The number of hydrogen-bond donors (Lipinski definition) is 3. The molecule has 0 bridgehead atoms. The predicted octanol–water partition coefficient (Wildman–Crippen LogP) is 13.9. The third-order valence-electron chi connectivity index (χ3n) is 9.82. The van der Waals surface area contributed by atoms with Crippen LogP contribution in [0.2, 0.25) is 0 Å². The molecule has 0 saturated heterocycles. The van der Waals surface area contributed by atoms with E-state index in [0.29, 0.717) is 0 Å². The fourth-order valence-electron chi connectivity index (χ4n) is 7.14. The van der Waals surface area contributed by atoms with Gasteiger partial charge in [-0.2, -0.15) is 0 Å². The molecule has 4 N–H and O–H groups in total. The molecule has 0 aliphatic rings. The Balaban J connectivity index is 0.000000157. The van der Waals surface area contributed by atoms with Gasteiger partial charge >= 0.3 is 0 Å². The minimum Gasteiger partial charge on any atom is -0.456 e. The summed E-state index contributed by atoms with van der Waals surface area (Å²) in [6, 6.07) is 64.2. The fourth-order valence-corrected chi connectivity index (χ4v) is 8.52. The maximum absolute atomic E-state index is 8.13. The number of hydrogen-bond acceptors (Lipinski definition) is 4. The highest BCUT2D eigenvalue weighted by molar-refractivity contribution is 7.27. The number of amidine groups is 1. The molecule has 0 saturated carbocycles. The number of fused-ring (bicyclic) bond motifs is 6. The normalized spacial score (nSPS) is 10.8. The van der Waals surface area contributed by atoms with Gasteiger partial charge in [-0.15, -0.1) is 11.3 Å². The number of thiophene rings is 1. The minimum absolute atomic E-state index is 0.0668. The quantitative estimate of drug-likeness (QED) is 0.121. The summed E-state index contributed by atoms with van der Waals surface area (Å²) in [6.45, 7) is 2.08. The third-order valence-corrected chi connectivity index (χ3v) is 11.1. The smallest absolute Gasteiger partial charge is 0.136 e. The first-order valence-electron chi connectivity index (χ1n) is 18.5. The Labute approximate surface area is 330 Å². The number of benzene rings is 8. The van der Waals surface area contributed by atoms with Crippen molar-refractivity contribution in [3.63, 3.8) is 0 Å². The zero-order chi connectivity index (χ0) is 38.4. The molecule has 0 unspecified atom stereocenters. The maximum Gasteiger partial charge on any atom is 0.136 e. The van der Waals surface area contributed by atoms with Crippen LogP contribution in [0.5, 0.6) is 0 Å². The number of nitrogen functional groups attached to an aromatic ring is 1. The van der Waals surface area contributed by atoms with Crippen molar-refractivity contribution in [3.05, 3.63) is 205 Å². The Morgan fingerprint density at radius 1 is 0.518 bits per heavy atom. The summed E-state index contributed by atoms with van der Waals surface area (Å²) in [6.07, 6.45) is 1.49. The number of nitrogens with two attached hydrogens (primary N) is 1. The van der Waals surface area contributed by atoms with Crippen molar-refractivity contribution in [2.45, 2.75) is 6.92 Å². The summed E-state index contributed by atoms with van der Waals surface area (Å²) in [5, 5.41) is 20.0. The van der Waals surface area contributed by atoms with Gasteiger partial charge in [-0.1, -0.05) is 169 Å². The molecule has 2 heterocycles. The van der Waals surface area contributed by atoms with E-state index in [-0.39, 0.29) is 5.84 Å². The van der Waals surface area contributed by atoms with Gasteiger partial charge in [0, 0.05) is 53.8 Å². The van der Waals surface area contributed by atoms with Crippen LogP contribution in [0.3, 0.4) is 0 Å². The fraction of sp³-hybridized carbons (Fsp3) is 0.0196. The van der Waals surface area contributed by atoms with Gasteiger partial charge in [0.2, 0.25) is 0 Å². The second kappa shape index (κ2) is 16.1. The first-order valence-corrected chi connectivity index (χ1v) is 19.3. The Bertz CT molecular complexity index is 2950. The Morgan fingerprint density at radius 3 is 1.70 bits per heavy atom. The van der Waals surface area contributed by atoms with Gasteiger partial charge in [0.15, 0.2) is 0 Å². The molecule has 56 heavy (non-hydrogen) atoms. The SMILES string of the molecule is Cc1ccccc1.N=C(N)c1cccc2oc3ccccc3c12.N=Cc1ccc(-c2ccccc2)c2sc3c(-c4ccccc4)cc(-c4ccccc4)cc3c12. The van der Waals surface area contributed by atoms with E-state index in [0.717, 1.165) is 33.1 Å². The highest BCUT2D eigenvalue weighted by Gasteiger charge is 2.18. The molecule has 0 atom stereocenters. The molecule has 2 aromatic heterocycles. The van der Waals surface area contributed by atoms with E-state index < -0.39 is 0 Å². The summed E-state index contributed by atoms with van der Waals surface area (Å²) in [5.74, 6) is 0.0668. The van der Waals surface area contributed by atoms with Crippen molar-refractivity contribution in [3.8, 4) is 33.4 Å². The van der Waals surface area contributed by atoms with Gasteiger partial charge in [0.1, 0.15) is 17.0 Å². The number of furan rings is 1. The molecule has 0 radical (unpaired) electrons. The highest BCUT2D eigenvalue weighted by atomic mass is 32.1. The number of rotatable bonds is 5. The van der Waals surface area contributed by atoms with Crippen molar-refractivity contribution in [2.24, 2.45) is 5.73 Å². The highest BCUT2D eigenvalue weighted by Crippen LogP contribution is 2.46. The largest absolute Gasteiger partial charge is 0.456 e. The van der Waals surface area contributed by atoms with Crippen LogP contribution in [0.15, 0.2) is 192 Å². The van der Waals surface area contributed by atoms with Crippen LogP contribution in [0.25, 0.3) is 75.5 Å². The Kier molecular flexibility index (Phi) is 10.3. The van der Waals surface area contributed by atoms with Crippen LogP contribution < -0.4 is 5.73 Å². The van der Waals surface area contributed by atoms with Crippen molar-refractivity contribution in [1.29, 1.82) is 10.8 Å². The van der Waals surface area contributed by atoms with Gasteiger partial charge < -0.3 is 15.6 Å². The van der Waals surface area contributed by atoms with E-state index in [4.69, 9.17) is 21.0 Å². The molecule has 0 spiro atoms. The van der Waals surface area contributed by atoms with Crippen molar-refractivity contribution < 1.29 is 4.42 Å². The molecule has 0 fully saturated rings. The van der Waals surface area contributed by atoms with E-state index in [1.54, 1.807) is 0 Å². The van der Waals surface area contributed by atoms with Crippen LogP contribution >= 0.6 is 11.3 Å². The molecule has 5 heteroatoms. The van der Waals surface area contributed by atoms with Gasteiger partial charge in [0.05, 0.1) is 0 Å². The van der Waals surface area contributed by atoms with Crippen LogP contribution in [-0.4, -0.2) is 12.1 Å². The molecule has 8 aromatic carbocycles. The average molecular weight is 742 g/mol. The van der Waals surface area contributed by atoms with E-state index in [1.165, 1.54) is 65.3 Å². The van der Waals surface area contributed by atoms with Crippen LogP contribution in [0.1, 0.15) is 16.7 Å². The first kappa shape index (κ1) is 35.9. The lowest BCUT2D eigenvalue weighted by molar-refractivity contribution is 0.669. The first-order chi connectivity index (χ1) is 27.5. The molecule has 0 aliphatic carbocycles. The van der Waals surface area contributed by atoms with Crippen molar-refractivity contribution in [1.82, 2.24) is 0 Å². The van der Waals surface area contributed by atoms with Gasteiger partial charge in [-0.3, -0.25) is 5.41 Å². The molecular formula is C51H39N3OS. The van der Waals surface area contributed by atoms with Crippen molar-refractivity contribution in [2.75, 3.05) is 0 Å². The lowest BCUT2D eigenvalue weighted by Crippen LogP contribution is -2.10. The second-order valence-electron chi connectivity index (χ2n) is 13.5. The van der Waals surface area contributed by atoms with Gasteiger partial charge in [-0.05, 0) is 59.0 Å². The molecule has 10 aromatic rings. The topological polar surface area (TPSA) is 86.9 Å². The minimum atomic E-state index is 0.0668. The number of para-hydroxylation sites is 1. The summed E-state index contributed by atoms with van der Waals surface area (Å²) in [4.78, 5) is 0. The lowest BCUT2D eigenvalue weighted by Gasteiger charge is -2.09. The van der Waals surface area contributed by atoms with Crippen LogP contribution in [-0.2, 0) is 0 Å². The zero-order valence-corrected chi connectivity index (χ0v) is 31.7. The Morgan fingerprint density at radius 2 is 1.09 bits per heavy atom. The maximum atomic E-state index is 8.13. The zero-order valence-electron chi connectivity index (χ0n) is 30.9. The number of nitrogens with one attached hydrogen (secondary N) is 2. The molecule has 10 rings (SSSR count). The average Bonchev–Trinajstić information content (AvgIpc) is 3.84. The summed E-state index contributed by atoms with van der Waals surface area (Å²) in [7, 11) is 0. The van der Waals surface area contributed by atoms with E-state index in [9.17, 15) is 0 Å². The lowest BCUT2D eigenvalue weighted by atomic mass is 9.94. The van der Waals surface area contributed by atoms with E-state index in [2.05, 4.69) is 134 Å². The third kappa shape index (κ3) is 7.24. The molecule has 0 aliphatic heterocycles. The van der Waals surface area contributed by atoms with E-state index >= 15 is 0 Å². The van der Waals surface area contributed by atoms with Gasteiger partial charge in [0.25, 0.3) is 0 Å². The standard InChI is InChI=1S/C31H21NS.C13H10N2O.C7H8/c32-20-24-16-17-26(22-12-6-2-7-13-22)31-29(24)28-19-25(21-10-4-1-5-11-21)18-27(30(28)33-31)23-14-8-3-9-15-23;14-13(15)9-5-3-7-11-12(9)8-4-1-2-6-10(8)16-11;1-7-5-3-2-4-6-7/h1-20,32H;1-7H,(H3,14,15);2-6H,1H3.